The van der Waals surface area contributed by atoms with Crippen LogP contribution < -0.4 is 5.73 Å². The molecule has 0 unspecified atom stereocenters. The summed E-state index contributed by atoms with van der Waals surface area (Å²) in [5.41, 5.74) is 8.21. The Labute approximate surface area is 111 Å². The number of nitrogens with zero attached hydrogens (tertiary/aromatic N) is 1. The van der Waals surface area contributed by atoms with Crippen molar-refractivity contribution in [2.75, 3.05) is 26.8 Å². The van der Waals surface area contributed by atoms with Crippen LogP contribution in [0, 0.1) is 0 Å². The van der Waals surface area contributed by atoms with E-state index in [9.17, 15) is 0 Å². The van der Waals surface area contributed by atoms with Crippen molar-refractivity contribution in [3.05, 3.63) is 35.4 Å². The highest BCUT2D eigenvalue weighted by Gasteiger charge is 2.09. The van der Waals surface area contributed by atoms with Gasteiger partial charge in [0.1, 0.15) is 0 Å². The molecule has 0 amide bonds. The van der Waals surface area contributed by atoms with Crippen LogP contribution >= 0.6 is 0 Å². The zero-order valence-corrected chi connectivity index (χ0v) is 11.9. The third-order valence-corrected chi connectivity index (χ3v) is 3.15. The average Bonchev–Trinajstić information content (AvgIpc) is 2.36. The second kappa shape index (κ2) is 8.25. The van der Waals surface area contributed by atoms with Gasteiger partial charge in [0.15, 0.2) is 0 Å². The molecule has 1 rings (SSSR count). The third kappa shape index (κ3) is 5.17. The predicted molar refractivity (Wildman–Crippen MR) is 76.6 cm³/mol. The first-order valence-electron chi connectivity index (χ1n) is 6.68. The monoisotopic (exact) mass is 250 g/mol. The molecule has 0 spiro atoms. The first kappa shape index (κ1) is 15.2. The minimum absolute atomic E-state index is 0.531. The summed E-state index contributed by atoms with van der Waals surface area (Å²) < 4.78 is 5.16. The van der Waals surface area contributed by atoms with Crippen molar-refractivity contribution in [3.63, 3.8) is 0 Å². The van der Waals surface area contributed by atoms with E-state index in [0.717, 1.165) is 26.1 Å². The van der Waals surface area contributed by atoms with Crippen LogP contribution in [0.5, 0.6) is 0 Å². The molecule has 0 bridgehead atoms. The summed E-state index contributed by atoms with van der Waals surface area (Å²) in [7, 11) is 1.75. The van der Waals surface area contributed by atoms with Crippen LogP contribution in [0.1, 0.15) is 25.0 Å². The number of rotatable bonds is 8. The Kier molecular flexibility index (Phi) is 6.94. The first-order chi connectivity index (χ1) is 8.67. The Balaban J connectivity index is 2.57. The predicted octanol–water partition coefficient (Wildman–Crippen LogP) is 2.04. The molecule has 0 fully saturated rings. The summed E-state index contributed by atoms with van der Waals surface area (Å²) in [5.74, 6) is 0. The van der Waals surface area contributed by atoms with Crippen LogP contribution in [0.4, 0.5) is 0 Å². The maximum atomic E-state index is 5.55. The smallest absolute Gasteiger partial charge is 0.0589 e. The van der Waals surface area contributed by atoms with Gasteiger partial charge in [0, 0.05) is 26.2 Å². The lowest BCUT2D eigenvalue weighted by Crippen LogP contribution is -2.33. The standard InChI is InChI=1S/C15H26N2O/c1-13(2)17(10-11-18-3)12-15-6-4-14(5-7-15)8-9-16/h4-7,13H,8-12,16H2,1-3H3. The summed E-state index contributed by atoms with van der Waals surface area (Å²) >= 11 is 0. The van der Waals surface area contributed by atoms with Gasteiger partial charge in [-0.05, 0) is 37.9 Å². The van der Waals surface area contributed by atoms with Gasteiger partial charge in [0.2, 0.25) is 0 Å². The number of ether oxygens (including phenoxy) is 1. The highest BCUT2D eigenvalue weighted by atomic mass is 16.5. The van der Waals surface area contributed by atoms with E-state index in [2.05, 4.69) is 43.0 Å². The highest BCUT2D eigenvalue weighted by Crippen LogP contribution is 2.10. The molecule has 102 valence electrons. The second-order valence-corrected chi connectivity index (χ2v) is 4.91. The molecule has 0 aliphatic rings. The zero-order valence-electron chi connectivity index (χ0n) is 11.9. The quantitative estimate of drug-likeness (QED) is 0.767. The first-order valence-corrected chi connectivity index (χ1v) is 6.68. The van der Waals surface area contributed by atoms with Gasteiger partial charge in [-0.15, -0.1) is 0 Å². The van der Waals surface area contributed by atoms with E-state index in [0.29, 0.717) is 12.6 Å². The van der Waals surface area contributed by atoms with Gasteiger partial charge < -0.3 is 10.5 Å². The van der Waals surface area contributed by atoms with Crippen LogP contribution in [-0.4, -0.2) is 37.7 Å². The van der Waals surface area contributed by atoms with Crippen molar-refractivity contribution in [1.82, 2.24) is 4.90 Å². The van der Waals surface area contributed by atoms with E-state index in [-0.39, 0.29) is 0 Å². The molecule has 0 aromatic heterocycles. The molecule has 0 heterocycles. The number of hydrogen-bond donors (Lipinski definition) is 1. The highest BCUT2D eigenvalue weighted by molar-refractivity contribution is 5.22. The minimum Gasteiger partial charge on any atom is -0.383 e. The molecule has 1 aromatic carbocycles. The fourth-order valence-corrected chi connectivity index (χ4v) is 1.94. The lowest BCUT2D eigenvalue weighted by molar-refractivity contribution is 0.125. The summed E-state index contributed by atoms with van der Waals surface area (Å²) in [6.45, 7) is 7.88. The maximum absolute atomic E-state index is 5.55. The molecule has 0 saturated heterocycles. The lowest BCUT2D eigenvalue weighted by Gasteiger charge is -2.26. The molecule has 3 heteroatoms. The Bertz CT molecular complexity index is 322. The summed E-state index contributed by atoms with van der Waals surface area (Å²) in [6.07, 6.45) is 0.956. The molecule has 0 aliphatic heterocycles. The minimum atomic E-state index is 0.531. The normalized spacial score (nSPS) is 11.4. The van der Waals surface area contributed by atoms with E-state index in [4.69, 9.17) is 10.5 Å². The molecule has 18 heavy (non-hydrogen) atoms. The Morgan fingerprint density at radius 3 is 2.28 bits per heavy atom. The van der Waals surface area contributed by atoms with Gasteiger partial charge in [-0.2, -0.15) is 0 Å². The van der Waals surface area contributed by atoms with Gasteiger partial charge in [0.05, 0.1) is 6.61 Å². The van der Waals surface area contributed by atoms with Crippen molar-refractivity contribution >= 4 is 0 Å². The summed E-state index contributed by atoms with van der Waals surface area (Å²) in [6, 6.07) is 9.29. The number of hydrogen-bond acceptors (Lipinski definition) is 3. The lowest BCUT2D eigenvalue weighted by atomic mass is 10.1. The van der Waals surface area contributed by atoms with Crippen molar-refractivity contribution in [1.29, 1.82) is 0 Å². The molecule has 0 atom stereocenters. The van der Waals surface area contributed by atoms with Crippen molar-refractivity contribution < 1.29 is 4.74 Å². The SMILES string of the molecule is COCCN(Cc1ccc(CCN)cc1)C(C)C. The summed E-state index contributed by atoms with van der Waals surface area (Å²) in [5, 5.41) is 0. The van der Waals surface area contributed by atoms with Gasteiger partial charge in [-0.3, -0.25) is 4.90 Å². The molecule has 2 N–H and O–H groups in total. The van der Waals surface area contributed by atoms with E-state index < -0.39 is 0 Å². The molecule has 3 nitrogen and oxygen atoms in total. The molecular weight excluding hydrogens is 224 g/mol. The van der Waals surface area contributed by atoms with E-state index in [1.54, 1.807) is 7.11 Å². The maximum Gasteiger partial charge on any atom is 0.0589 e. The molecular formula is C15H26N2O. The second-order valence-electron chi connectivity index (χ2n) is 4.91. The van der Waals surface area contributed by atoms with Crippen LogP contribution in [0.3, 0.4) is 0 Å². The van der Waals surface area contributed by atoms with Crippen LogP contribution in [0.25, 0.3) is 0 Å². The third-order valence-electron chi connectivity index (χ3n) is 3.15. The van der Waals surface area contributed by atoms with Crippen molar-refractivity contribution in [2.45, 2.75) is 32.9 Å². The number of nitrogens with two attached hydrogens (primary N) is 1. The van der Waals surface area contributed by atoms with Gasteiger partial charge in [-0.1, -0.05) is 24.3 Å². The molecule has 0 aliphatic carbocycles. The van der Waals surface area contributed by atoms with E-state index in [1.165, 1.54) is 11.1 Å². The number of methoxy groups -OCH3 is 1. The topological polar surface area (TPSA) is 38.5 Å². The summed E-state index contributed by atoms with van der Waals surface area (Å²) in [4.78, 5) is 2.42. The Morgan fingerprint density at radius 2 is 1.78 bits per heavy atom. The van der Waals surface area contributed by atoms with E-state index in [1.807, 2.05) is 0 Å². The fourth-order valence-electron chi connectivity index (χ4n) is 1.94. The molecule has 0 saturated carbocycles. The zero-order chi connectivity index (χ0) is 13.4. The van der Waals surface area contributed by atoms with Gasteiger partial charge >= 0.3 is 0 Å². The van der Waals surface area contributed by atoms with Crippen molar-refractivity contribution in [3.8, 4) is 0 Å². The molecule has 0 radical (unpaired) electrons. The number of benzene rings is 1. The van der Waals surface area contributed by atoms with Gasteiger partial charge in [0.25, 0.3) is 0 Å². The Morgan fingerprint density at radius 1 is 1.17 bits per heavy atom. The average molecular weight is 250 g/mol. The van der Waals surface area contributed by atoms with Crippen molar-refractivity contribution in [2.24, 2.45) is 5.73 Å². The van der Waals surface area contributed by atoms with E-state index >= 15 is 0 Å². The Hall–Kier alpha value is -0.900. The van der Waals surface area contributed by atoms with Gasteiger partial charge in [-0.25, -0.2) is 0 Å². The van der Waals surface area contributed by atoms with Crippen LogP contribution in [0.15, 0.2) is 24.3 Å². The fraction of sp³-hybridized carbons (Fsp3) is 0.600. The molecule has 1 aromatic rings. The largest absolute Gasteiger partial charge is 0.383 e. The van der Waals surface area contributed by atoms with Crippen LogP contribution in [-0.2, 0) is 17.7 Å². The van der Waals surface area contributed by atoms with Crippen LogP contribution in [0.2, 0.25) is 0 Å².